The van der Waals surface area contributed by atoms with Gasteiger partial charge in [-0.1, -0.05) is 13.8 Å². The Morgan fingerprint density at radius 1 is 1.47 bits per heavy atom. The molecule has 1 aromatic heterocycles. The van der Waals surface area contributed by atoms with E-state index in [0.29, 0.717) is 12.0 Å². The number of hydrogen-bond donors (Lipinski definition) is 2. The van der Waals surface area contributed by atoms with Crippen LogP contribution in [0.15, 0.2) is 12.3 Å². The molecule has 0 saturated heterocycles. The highest BCUT2D eigenvalue weighted by molar-refractivity contribution is 5.66. The first-order valence-corrected chi connectivity index (χ1v) is 5.64. The van der Waals surface area contributed by atoms with Crippen LogP contribution in [0.25, 0.3) is 0 Å². The fourth-order valence-corrected chi connectivity index (χ4v) is 1.93. The van der Waals surface area contributed by atoms with E-state index in [1.165, 1.54) is 5.56 Å². The Labute approximate surface area is 91.3 Å². The van der Waals surface area contributed by atoms with Gasteiger partial charge in [0.2, 0.25) is 0 Å². The molecule has 2 rings (SSSR count). The second-order valence-electron chi connectivity index (χ2n) is 4.62. The second-order valence-corrected chi connectivity index (χ2v) is 4.62. The van der Waals surface area contributed by atoms with Crippen LogP contribution in [0.3, 0.4) is 0 Å². The zero-order valence-electron chi connectivity index (χ0n) is 9.67. The van der Waals surface area contributed by atoms with Gasteiger partial charge in [0.25, 0.3) is 0 Å². The van der Waals surface area contributed by atoms with Gasteiger partial charge in [-0.2, -0.15) is 0 Å². The van der Waals surface area contributed by atoms with Gasteiger partial charge in [0, 0.05) is 18.8 Å². The Kier molecular flexibility index (Phi) is 2.80. The molecule has 3 heteroatoms. The van der Waals surface area contributed by atoms with Crippen molar-refractivity contribution in [3.8, 4) is 0 Å². The van der Waals surface area contributed by atoms with Crippen LogP contribution in [0.5, 0.6) is 0 Å². The third-order valence-electron chi connectivity index (χ3n) is 2.92. The summed E-state index contributed by atoms with van der Waals surface area (Å²) in [7, 11) is 0. The fourth-order valence-electron chi connectivity index (χ4n) is 1.93. The van der Waals surface area contributed by atoms with Crippen molar-refractivity contribution in [2.75, 3.05) is 17.2 Å². The van der Waals surface area contributed by atoms with E-state index in [9.17, 15) is 0 Å². The van der Waals surface area contributed by atoms with Gasteiger partial charge < -0.3 is 10.6 Å². The molecule has 3 nitrogen and oxygen atoms in total. The zero-order valence-corrected chi connectivity index (χ0v) is 9.67. The van der Waals surface area contributed by atoms with Gasteiger partial charge in [0.1, 0.15) is 5.82 Å². The fraction of sp³-hybridized carbons (Fsp3) is 0.583. The van der Waals surface area contributed by atoms with E-state index in [1.54, 1.807) is 0 Å². The Morgan fingerprint density at radius 3 is 3.00 bits per heavy atom. The number of nitrogens with zero attached hydrogens (tertiary/aromatic N) is 1. The lowest BCUT2D eigenvalue weighted by atomic mass is 10.0. The predicted molar refractivity (Wildman–Crippen MR) is 64.3 cm³/mol. The molecule has 15 heavy (non-hydrogen) atoms. The van der Waals surface area contributed by atoms with E-state index < -0.39 is 0 Å². The van der Waals surface area contributed by atoms with Crippen LogP contribution in [0.1, 0.15) is 25.8 Å². The third-order valence-corrected chi connectivity index (χ3v) is 2.92. The summed E-state index contributed by atoms with van der Waals surface area (Å²) in [4.78, 5) is 4.44. The normalized spacial score (nSPS) is 20.1. The number of rotatable bonds is 1. The largest absolute Gasteiger partial charge is 0.382 e. The monoisotopic (exact) mass is 205 g/mol. The molecule has 0 fully saturated rings. The van der Waals surface area contributed by atoms with Gasteiger partial charge >= 0.3 is 0 Å². The molecule has 82 valence electrons. The van der Waals surface area contributed by atoms with Crippen molar-refractivity contribution < 1.29 is 0 Å². The van der Waals surface area contributed by atoms with Crippen LogP contribution in [0.2, 0.25) is 0 Å². The van der Waals surface area contributed by atoms with Crippen molar-refractivity contribution in [2.45, 2.75) is 33.2 Å². The maximum atomic E-state index is 4.44. The first kappa shape index (κ1) is 10.3. The van der Waals surface area contributed by atoms with Crippen LogP contribution in [0.4, 0.5) is 11.5 Å². The molecule has 0 radical (unpaired) electrons. The zero-order chi connectivity index (χ0) is 10.8. The third kappa shape index (κ3) is 2.22. The highest BCUT2D eigenvalue weighted by atomic mass is 15.1. The molecule has 2 N–H and O–H groups in total. The van der Waals surface area contributed by atoms with Gasteiger partial charge in [-0.15, -0.1) is 0 Å². The number of aromatic nitrogens is 1. The molecule has 1 aromatic rings. The van der Waals surface area contributed by atoms with Gasteiger partial charge in [-0.25, -0.2) is 4.98 Å². The summed E-state index contributed by atoms with van der Waals surface area (Å²) in [5.74, 6) is 1.64. The van der Waals surface area contributed by atoms with E-state index in [1.807, 2.05) is 6.20 Å². The summed E-state index contributed by atoms with van der Waals surface area (Å²) in [6.07, 6.45) is 3.06. The van der Waals surface area contributed by atoms with Crippen molar-refractivity contribution in [1.29, 1.82) is 0 Å². The molecule has 0 bridgehead atoms. The minimum Gasteiger partial charge on any atom is -0.382 e. The van der Waals surface area contributed by atoms with Crippen LogP contribution < -0.4 is 10.6 Å². The van der Waals surface area contributed by atoms with Crippen molar-refractivity contribution in [2.24, 2.45) is 5.92 Å². The highest BCUT2D eigenvalue weighted by Crippen LogP contribution is 2.25. The summed E-state index contributed by atoms with van der Waals surface area (Å²) in [6.45, 7) is 7.58. The molecule has 0 spiro atoms. The molecule has 1 aliphatic heterocycles. The van der Waals surface area contributed by atoms with Crippen molar-refractivity contribution in [3.05, 3.63) is 17.8 Å². The van der Waals surface area contributed by atoms with E-state index in [-0.39, 0.29) is 0 Å². The average molecular weight is 205 g/mol. The van der Waals surface area contributed by atoms with Gasteiger partial charge in [0.15, 0.2) is 0 Å². The molecule has 0 aliphatic carbocycles. The van der Waals surface area contributed by atoms with E-state index in [2.05, 4.69) is 42.5 Å². The van der Waals surface area contributed by atoms with Crippen LogP contribution in [0, 0.1) is 12.8 Å². The second kappa shape index (κ2) is 4.09. The molecule has 1 atom stereocenters. The summed E-state index contributed by atoms with van der Waals surface area (Å²) in [5.41, 5.74) is 2.34. The lowest BCUT2D eigenvalue weighted by Crippen LogP contribution is -2.26. The molecule has 0 aromatic carbocycles. The van der Waals surface area contributed by atoms with E-state index in [0.717, 1.165) is 24.5 Å². The molecule has 0 amide bonds. The van der Waals surface area contributed by atoms with Crippen molar-refractivity contribution in [1.82, 2.24) is 4.98 Å². The summed E-state index contributed by atoms with van der Waals surface area (Å²) < 4.78 is 0. The van der Waals surface area contributed by atoms with E-state index >= 15 is 0 Å². The molecular weight excluding hydrogens is 186 g/mol. The molecule has 0 saturated carbocycles. The minimum absolute atomic E-state index is 0.522. The first-order chi connectivity index (χ1) is 7.16. The lowest BCUT2D eigenvalue weighted by molar-refractivity contribution is 0.506. The van der Waals surface area contributed by atoms with Gasteiger partial charge in [-0.3, -0.25) is 0 Å². The predicted octanol–water partition coefficient (Wildman–Crippen LogP) is 2.64. The molecule has 1 aliphatic rings. The minimum atomic E-state index is 0.522. The topological polar surface area (TPSA) is 37.0 Å². The molecule has 2 heterocycles. The van der Waals surface area contributed by atoms with Crippen molar-refractivity contribution in [3.63, 3.8) is 0 Å². The number of anilines is 2. The standard InChI is InChI=1S/C12H19N3/c1-8(2)10-4-5-13-11-6-9(3)7-14-12(11)15-10/h6-8,10,13H,4-5H2,1-3H3,(H,14,15). The molecule has 1 unspecified atom stereocenters. The quantitative estimate of drug-likeness (QED) is 0.740. The summed E-state index contributed by atoms with van der Waals surface area (Å²) in [5, 5.41) is 6.94. The van der Waals surface area contributed by atoms with Crippen LogP contribution in [-0.2, 0) is 0 Å². The maximum Gasteiger partial charge on any atom is 0.149 e. The number of hydrogen-bond acceptors (Lipinski definition) is 3. The average Bonchev–Trinajstić information content (AvgIpc) is 2.39. The Hall–Kier alpha value is -1.25. The Bertz CT molecular complexity index is 347. The SMILES string of the molecule is Cc1cnc2c(c1)NCCC(C(C)C)N2. The molecular formula is C12H19N3. The smallest absolute Gasteiger partial charge is 0.149 e. The highest BCUT2D eigenvalue weighted by Gasteiger charge is 2.18. The first-order valence-electron chi connectivity index (χ1n) is 5.64. The van der Waals surface area contributed by atoms with Crippen LogP contribution >= 0.6 is 0 Å². The Balaban J connectivity index is 2.26. The number of nitrogens with one attached hydrogen (secondary N) is 2. The van der Waals surface area contributed by atoms with Crippen molar-refractivity contribution >= 4 is 11.5 Å². The Morgan fingerprint density at radius 2 is 2.27 bits per heavy atom. The number of fused-ring (bicyclic) bond motifs is 1. The number of aryl methyl sites for hydroxylation is 1. The van der Waals surface area contributed by atoms with Crippen LogP contribution in [-0.4, -0.2) is 17.6 Å². The summed E-state index contributed by atoms with van der Waals surface area (Å²) in [6, 6.07) is 2.67. The van der Waals surface area contributed by atoms with Gasteiger partial charge in [-0.05, 0) is 30.9 Å². The summed E-state index contributed by atoms with van der Waals surface area (Å²) >= 11 is 0. The number of pyridine rings is 1. The van der Waals surface area contributed by atoms with Gasteiger partial charge in [0.05, 0.1) is 5.69 Å². The lowest BCUT2D eigenvalue weighted by Gasteiger charge is -2.20. The van der Waals surface area contributed by atoms with E-state index in [4.69, 9.17) is 0 Å². The maximum absolute atomic E-state index is 4.44.